The zero-order chi connectivity index (χ0) is 19.5. The predicted molar refractivity (Wildman–Crippen MR) is 103 cm³/mol. The third-order valence-corrected chi connectivity index (χ3v) is 6.31. The van der Waals surface area contributed by atoms with E-state index < -0.39 is 27.8 Å². The van der Waals surface area contributed by atoms with E-state index in [1.54, 1.807) is 0 Å². The zero-order valence-corrected chi connectivity index (χ0v) is 16.2. The molecule has 26 heavy (non-hydrogen) atoms. The second-order valence-electron chi connectivity index (χ2n) is 6.10. The molecule has 1 aromatic rings. The van der Waals surface area contributed by atoms with E-state index in [1.807, 2.05) is 20.8 Å². The van der Waals surface area contributed by atoms with Crippen LogP contribution in [0.15, 0.2) is 29.3 Å². The molecule has 0 N–H and O–H groups in total. The van der Waals surface area contributed by atoms with Gasteiger partial charge in [-0.15, -0.1) is 0 Å². The van der Waals surface area contributed by atoms with Crippen molar-refractivity contribution in [2.45, 2.75) is 32.2 Å². The molecule has 0 fully saturated rings. The lowest BCUT2D eigenvalue weighted by Gasteiger charge is -2.34. The summed E-state index contributed by atoms with van der Waals surface area (Å²) in [4.78, 5) is 38.7. The van der Waals surface area contributed by atoms with Crippen molar-refractivity contribution in [2.24, 2.45) is 10.9 Å². The molecule has 0 aliphatic carbocycles. The van der Waals surface area contributed by atoms with Crippen LogP contribution in [0.25, 0.3) is 0 Å². The molecule has 1 aromatic carbocycles. The quantitative estimate of drug-likeness (QED) is 0.508. The fourth-order valence-corrected chi connectivity index (χ4v) is 5.25. The summed E-state index contributed by atoms with van der Waals surface area (Å²) >= 11 is 2.46. The number of thioether (sulfide) groups is 2. The maximum absolute atomic E-state index is 12.9. The van der Waals surface area contributed by atoms with Gasteiger partial charge in [0.15, 0.2) is 0 Å². The molecule has 8 nitrogen and oxygen atoms in total. The molecule has 1 heterocycles. The first-order valence-electron chi connectivity index (χ1n) is 8.03. The van der Waals surface area contributed by atoms with E-state index in [-0.39, 0.29) is 16.7 Å². The molecule has 1 aliphatic heterocycles. The van der Waals surface area contributed by atoms with Crippen molar-refractivity contribution in [1.82, 2.24) is 0 Å². The second kappa shape index (κ2) is 8.17. The van der Waals surface area contributed by atoms with Gasteiger partial charge in [-0.25, -0.2) is 0 Å². The number of non-ortho nitro benzene ring substituents is 1. The number of benzene rings is 1. The summed E-state index contributed by atoms with van der Waals surface area (Å²) < 4.78 is 0.612. The number of hydrogen-bond acceptors (Lipinski definition) is 8. The van der Waals surface area contributed by atoms with Crippen LogP contribution in [0.2, 0.25) is 0 Å². The zero-order valence-electron chi connectivity index (χ0n) is 14.6. The third kappa shape index (κ3) is 3.90. The van der Waals surface area contributed by atoms with Gasteiger partial charge in [-0.1, -0.05) is 44.7 Å². The molecule has 0 spiro atoms. The van der Waals surface area contributed by atoms with Gasteiger partial charge < -0.3 is 0 Å². The first-order valence-corrected chi connectivity index (χ1v) is 9.83. The van der Waals surface area contributed by atoms with E-state index in [2.05, 4.69) is 4.99 Å². The highest BCUT2D eigenvalue weighted by molar-refractivity contribution is 8.45. The Morgan fingerprint density at radius 1 is 1.23 bits per heavy atom. The SMILES string of the molecule is CCSC1=N[C@@](C(C)C)([C@H](C[N+](=O)[O-])c2ccc([N+](=O)[O-])cc2)C(=O)S1. The molecule has 0 radical (unpaired) electrons. The highest BCUT2D eigenvalue weighted by Crippen LogP contribution is 2.48. The molecule has 2 rings (SSSR count). The minimum absolute atomic E-state index is 0.106. The summed E-state index contributed by atoms with van der Waals surface area (Å²) in [6.07, 6.45) is 0. The van der Waals surface area contributed by atoms with Gasteiger partial charge in [-0.3, -0.25) is 30.0 Å². The first-order chi connectivity index (χ1) is 12.2. The van der Waals surface area contributed by atoms with Crippen LogP contribution in [-0.4, -0.2) is 37.2 Å². The number of hydrogen-bond donors (Lipinski definition) is 0. The summed E-state index contributed by atoms with van der Waals surface area (Å²) in [5.74, 6) is -0.323. The maximum Gasteiger partial charge on any atom is 0.269 e. The average molecular weight is 397 g/mol. The summed E-state index contributed by atoms with van der Waals surface area (Å²) in [5, 5.41) is 22.0. The number of rotatable bonds is 7. The molecule has 10 heteroatoms. The summed E-state index contributed by atoms with van der Waals surface area (Å²) in [6, 6.07) is 5.56. The van der Waals surface area contributed by atoms with Crippen LogP contribution in [0.5, 0.6) is 0 Å². The van der Waals surface area contributed by atoms with Crippen LogP contribution in [0.3, 0.4) is 0 Å². The molecular weight excluding hydrogens is 378 g/mol. The van der Waals surface area contributed by atoms with Crippen LogP contribution in [0.1, 0.15) is 32.3 Å². The van der Waals surface area contributed by atoms with Gasteiger partial charge in [0.05, 0.1) is 10.8 Å². The van der Waals surface area contributed by atoms with E-state index in [4.69, 9.17) is 0 Å². The molecule has 0 bridgehead atoms. The standard InChI is InChI=1S/C16H19N3O5S2/c1-4-25-15-17-16(10(2)3,14(20)26-15)13(9-18(21)22)11-5-7-12(8-6-11)19(23)24/h5-8,10,13H,4,9H2,1-3H3/t13-,16+/m1/s1. The average Bonchev–Trinajstić information content (AvgIpc) is 2.90. The molecule has 0 unspecified atom stereocenters. The van der Waals surface area contributed by atoms with Crippen molar-refractivity contribution >= 4 is 38.7 Å². The van der Waals surface area contributed by atoms with Crippen LogP contribution >= 0.6 is 23.5 Å². The first kappa shape index (κ1) is 20.4. The van der Waals surface area contributed by atoms with E-state index >= 15 is 0 Å². The van der Waals surface area contributed by atoms with Crippen molar-refractivity contribution in [3.8, 4) is 0 Å². The molecule has 0 amide bonds. The Kier molecular flexibility index (Phi) is 6.40. The minimum Gasteiger partial charge on any atom is -0.284 e. The Morgan fingerprint density at radius 3 is 2.31 bits per heavy atom. The lowest BCUT2D eigenvalue weighted by molar-refractivity contribution is -0.484. The van der Waals surface area contributed by atoms with Crippen molar-refractivity contribution in [3.63, 3.8) is 0 Å². The molecular formula is C16H19N3O5S2. The Bertz CT molecular complexity index is 751. The Morgan fingerprint density at radius 2 is 1.85 bits per heavy atom. The molecule has 1 aliphatic rings. The monoisotopic (exact) mass is 397 g/mol. The van der Waals surface area contributed by atoms with E-state index in [1.165, 1.54) is 36.0 Å². The van der Waals surface area contributed by atoms with Gasteiger partial charge in [-0.2, -0.15) is 0 Å². The number of nitro groups is 2. The number of nitro benzene ring substituents is 1. The Hall–Kier alpha value is -1.94. The lowest BCUT2D eigenvalue weighted by Crippen LogP contribution is -2.46. The fourth-order valence-electron chi connectivity index (χ4n) is 3.03. The Labute approximate surface area is 159 Å². The van der Waals surface area contributed by atoms with Crippen molar-refractivity contribution in [1.29, 1.82) is 0 Å². The van der Waals surface area contributed by atoms with Gasteiger partial charge in [0.2, 0.25) is 11.7 Å². The highest BCUT2D eigenvalue weighted by Gasteiger charge is 2.55. The van der Waals surface area contributed by atoms with Crippen molar-refractivity contribution < 1.29 is 14.6 Å². The van der Waals surface area contributed by atoms with E-state index in [0.717, 1.165) is 17.5 Å². The number of aliphatic imine (C=N–C) groups is 1. The van der Waals surface area contributed by atoms with Gasteiger partial charge in [0, 0.05) is 17.1 Å². The van der Waals surface area contributed by atoms with Gasteiger partial charge in [0.25, 0.3) is 5.69 Å². The number of nitrogens with zero attached hydrogens (tertiary/aromatic N) is 3. The predicted octanol–water partition coefficient (Wildman–Crippen LogP) is 3.73. The van der Waals surface area contributed by atoms with Crippen LogP contribution in [0, 0.1) is 26.1 Å². The Balaban J connectivity index is 2.56. The molecule has 0 saturated heterocycles. The van der Waals surface area contributed by atoms with Crippen LogP contribution in [-0.2, 0) is 4.79 Å². The normalized spacial score (nSPS) is 20.9. The molecule has 0 aromatic heterocycles. The smallest absolute Gasteiger partial charge is 0.269 e. The summed E-state index contributed by atoms with van der Waals surface area (Å²) in [7, 11) is 0. The van der Waals surface area contributed by atoms with Gasteiger partial charge in [-0.05, 0) is 29.0 Å². The summed E-state index contributed by atoms with van der Waals surface area (Å²) in [5.41, 5.74) is -0.864. The van der Waals surface area contributed by atoms with Gasteiger partial charge >= 0.3 is 0 Å². The summed E-state index contributed by atoms with van der Waals surface area (Å²) in [6.45, 7) is 5.11. The fraction of sp³-hybridized carbons (Fsp3) is 0.500. The molecule has 140 valence electrons. The molecule has 2 atom stereocenters. The maximum atomic E-state index is 12.9. The van der Waals surface area contributed by atoms with Gasteiger partial charge in [0.1, 0.15) is 9.91 Å². The molecule has 0 saturated carbocycles. The highest BCUT2D eigenvalue weighted by atomic mass is 32.2. The lowest BCUT2D eigenvalue weighted by atomic mass is 9.73. The number of carbonyl (C=O) groups excluding carboxylic acids is 1. The van der Waals surface area contributed by atoms with Crippen LogP contribution < -0.4 is 0 Å². The van der Waals surface area contributed by atoms with E-state index in [0.29, 0.717) is 9.94 Å². The second-order valence-corrected chi connectivity index (χ2v) is 8.57. The number of carbonyl (C=O) groups is 1. The third-order valence-electron chi connectivity index (χ3n) is 4.30. The largest absolute Gasteiger partial charge is 0.284 e. The minimum atomic E-state index is -1.26. The topological polar surface area (TPSA) is 116 Å². The van der Waals surface area contributed by atoms with E-state index in [9.17, 15) is 25.0 Å². The van der Waals surface area contributed by atoms with Crippen LogP contribution in [0.4, 0.5) is 5.69 Å². The van der Waals surface area contributed by atoms with Crippen molar-refractivity contribution in [2.75, 3.05) is 12.3 Å². The van der Waals surface area contributed by atoms with Crippen molar-refractivity contribution in [3.05, 3.63) is 50.1 Å².